The van der Waals surface area contributed by atoms with Crippen molar-refractivity contribution in [2.45, 2.75) is 137 Å². The summed E-state index contributed by atoms with van der Waals surface area (Å²) in [5.41, 5.74) is 21.4. The number of carbonyl (C=O) groups is 1. The van der Waals surface area contributed by atoms with Crippen molar-refractivity contribution in [2.75, 3.05) is 39.6 Å². The van der Waals surface area contributed by atoms with Crippen molar-refractivity contribution in [1.29, 1.82) is 0 Å². The summed E-state index contributed by atoms with van der Waals surface area (Å²) in [6.45, 7) is 20.5. The van der Waals surface area contributed by atoms with Crippen LogP contribution >= 0.6 is 39.0 Å². The van der Waals surface area contributed by atoms with Crippen molar-refractivity contribution >= 4 is 56.5 Å². The molecule has 133 heavy (non-hydrogen) atoms. The Bertz CT molecular complexity index is 5030. The number of nitrogens with zero attached hydrogens (tertiary/aromatic N) is 5. The van der Waals surface area contributed by atoms with E-state index in [1.807, 2.05) is 12.2 Å². The minimum atomic E-state index is -10.7. The van der Waals surface area contributed by atoms with Crippen LogP contribution in [0.4, 0.5) is 126 Å². The third-order valence-electron chi connectivity index (χ3n) is 20.7. The molecule has 3 aromatic carbocycles. The summed E-state index contributed by atoms with van der Waals surface area (Å²) in [6, 6.07) is 40.3. The second-order valence-electron chi connectivity index (χ2n) is 33.8. The quantitative estimate of drug-likeness (QED) is 0.0256. The minimum absolute atomic E-state index is 0.0230. The number of halogens is 30. The zero-order valence-electron chi connectivity index (χ0n) is 72.0. The summed E-state index contributed by atoms with van der Waals surface area (Å²) in [5.74, 6) is 4.49. The van der Waals surface area contributed by atoms with Gasteiger partial charge in [0.25, 0.3) is 6.61 Å². The van der Waals surface area contributed by atoms with Crippen LogP contribution in [0.15, 0.2) is 259 Å². The van der Waals surface area contributed by atoms with Gasteiger partial charge in [0.05, 0.1) is 37.5 Å². The van der Waals surface area contributed by atoms with E-state index in [4.69, 9.17) is 23.6 Å². The fraction of sp³-hybridized carbons (Fsp3) is 0.352. The van der Waals surface area contributed by atoms with Gasteiger partial charge in [-0.05, 0) is 172 Å². The van der Waals surface area contributed by atoms with Crippen molar-refractivity contribution < 1.29 is 168 Å². The van der Waals surface area contributed by atoms with E-state index >= 15 is 0 Å². The number of ether oxygens (including phenoxy) is 3. The SMILES string of the molecule is CC(C)c1cc(C(C)C)c(CN=C2C=CC(=C3C=CCC(=C4C=CC(=[O+]CCOCCOCCOC(=O)C56CC7CC(CC(C7)C5)C6)C=C4)C=C3)C=C2)c(C(C)C)c1.F[P-](F)(F)(F)(F)F.F[P-](F)(F)(F)(F)F.F[P-](F)(F)(F)(F)F.F[P-](F)(F)(F)(F)F.F[P-](F)(F)(F)(F)F.c1cc2ccc1C[n+]1ccc(cc1)-c1cc[n+](cc1)Cc1ccc(cc1)C[n+]1ccc(cc1)-c1cc[n+](cc1)C2. The van der Waals surface area contributed by atoms with Crippen LogP contribution in [-0.4, -0.2) is 57.1 Å². The van der Waals surface area contributed by atoms with Gasteiger partial charge in [-0.25, -0.2) is 18.3 Å². The van der Waals surface area contributed by atoms with E-state index in [0.717, 1.165) is 81.1 Å². The van der Waals surface area contributed by atoms with Crippen molar-refractivity contribution in [1.82, 2.24) is 0 Å². The van der Waals surface area contributed by atoms with Gasteiger partial charge in [0.15, 0.2) is 75.8 Å². The second kappa shape index (κ2) is 37.8. The zero-order chi connectivity index (χ0) is 99.4. The smallest absolute Gasteiger partial charge is 0.173 e. The van der Waals surface area contributed by atoms with Crippen molar-refractivity contribution in [2.24, 2.45) is 28.2 Å². The molecule has 0 saturated heterocycles. The first-order valence-electron chi connectivity index (χ1n) is 41.1. The molecule has 0 N–H and O–H groups in total. The van der Waals surface area contributed by atoms with E-state index in [0.29, 0.717) is 63.9 Å². The van der Waals surface area contributed by atoms with Crippen LogP contribution in [0.5, 0.6) is 0 Å². The topological polar surface area (TPSA) is 83.9 Å². The largest absolute Gasteiger partial charge is 0.201 e. The van der Waals surface area contributed by atoms with E-state index in [1.165, 1.54) is 108 Å². The Morgan fingerprint density at radius 1 is 0.376 bits per heavy atom. The number of allylic oxidation sites excluding steroid dienone is 16. The number of aliphatic imine (C=N–C) groups is 1. The van der Waals surface area contributed by atoms with Crippen LogP contribution in [0.25, 0.3) is 22.3 Å². The van der Waals surface area contributed by atoms with E-state index in [1.54, 1.807) is 0 Å². The van der Waals surface area contributed by atoms with Crippen LogP contribution in [0.1, 0.15) is 149 Å². The molecular formula is C88H98F30N5O5P5. The monoisotopic (exact) mass is 2030 g/mol. The van der Waals surface area contributed by atoms with Crippen LogP contribution in [-0.2, 0) is 56.2 Å². The molecule has 740 valence electrons. The number of rotatable bonds is 15. The van der Waals surface area contributed by atoms with Gasteiger partial charge in [-0.1, -0.05) is 139 Å². The fourth-order valence-electron chi connectivity index (χ4n) is 15.6. The van der Waals surface area contributed by atoms with Crippen molar-refractivity contribution in [3.8, 4) is 22.3 Å². The Morgan fingerprint density at radius 2 is 0.669 bits per heavy atom. The number of pyridine rings is 4. The van der Waals surface area contributed by atoms with Gasteiger partial charge in [0.2, 0.25) is 0 Å². The Balaban J connectivity index is 0.000000247. The first kappa shape index (κ1) is 109. The van der Waals surface area contributed by atoms with E-state index in [9.17, 15) is 131 Å². The first-order chi connectivity index (χ1) is 60.0. The zero-order valence-corrected chi connectivity index (χ0v) is 76.5. The molecule has 30 rings (SSSR count). The van der Waals surface area contributed by atoms with E-state index in [2.05, 4.69) is 279 Å². The maximum absolute atomic E-state index is 13.0. The summed E-state index contributed by atoms with van der Waals surface area (Å²) in [6.07, 6.45) is 51.2. The predicted octanol–water partition coefficient (Wildman–Crippen LogP) is 32.8. The summed E-state index contributed by atoms with van der Waals surface area (Å²) < 4.78 is 328. The Labute approximate surface area is 746 Å². The average molecular weight is 2030 g/mol. The summed E-state index contributed by atoms with van der Waals surface area (Å²) in [5, 5.41) is 0. The maximum atomic E-state index is 13.0. The molecule has 0 radical (unpaired) electrons. The number of esters is 1. The van der Waals surface area contributed by atoms with Crippen molar-refractivity contribution in [3.05, 3.63) is 298 Å². The summed E-state index contributed by atoms with van der Waals surface area (Å²) in [7, 11) is -53.3. The molecule has 16 aliphatic heterocycles. The van der Waals surface area contributed by atoms with E-state index in [-0.39, 0.29) is 11.4 Å². The van der Waals surface area contributed by atoms with E-state index < -0.39 is 39.0 Å². The Morgan fingerprint density at radius 3 is 0.985 bits per heavy atom. The predicted molar refractivity (Wildman–Crippen MR) is 458 cm³/mol. The minimum Gasteiger partial charge on any atom is -0.201 e. The van der Waals surface area contributed by atoms with Gasteiger partial charge < -0.3 is 14.2 Å². The van der Waals surface area contributed by atoms with Gasteiger partial charge in [-0.15, -0.1) is 0 Å². The molecule has 4 fully saturated rings. The molecule has 20 heterocycles. The second-order valence-corrected chi connectivity index (χ2v) is 43.4. The first-order valence-corrected chi connectivity index (χ1v) is 51.2. The van der Waals surface area contributed by atoms with Crippen LogP contribution in [0.3, 0.4) is 0 Å². The number of aromatic nitrogens is 4. The van der Waals surface area contributed by atoms with Gasteiger partial charge in [-0.2, -0.15) is 0 Å². The molecule has 0 unspecified atom stereocenters. The number of hydrogen-bond acceptors (Lipinski definition) is 5. The van der Waals surface area contributed by atoms with Crippen molar-refractivity contribution in [3.63, 3.8) is 0 Å². The molecule has 0 spiro atoms. The normalized spacial score (nSPS) is 20.6. The molecule has 10 nitrogen and oxygen atoms in total. The standard InChI is InChI=1S/C52H66NO5.C36H32N4.5F6P/c1-35(2)45-29-48(36(3)4)50(49(30-45)37(5)6)34-53-46-16-12-43(13-17-46)41-8-7-9-42(11-10-41)44-14-18-47(19-15-44)57-24-22-55-20-21-56-23-25-58-51(54)52-31-38-26-39(32-52)28-40(27-38)33-52;1-2-30-4-3-29(1)25-37-17-9-33(10-18-37)35-13-21-39(22-14-35)27-31-5-7-32(8-6-31)28-40-23-15-36(16-24-40)34-11-19-38(26-30)20-12-34;5*1-7(2,3,4,5)6/h7-8,10-19,29-30,35-40H,9,20-28,31-34H2,1-6H3;1-24H,25-28H2;;;;;/q+1;+4;5*-1. The number of ketones is 1. The summed E-state index contributed by atoms with van der Waals surface area (Å²) >= 11 is 0. The molecule has 23 aliphatic rings. The number of carbonyl (C=O) groups excluding carboxylic acids is 2. The molecule has 45 heteroatoms. The third kappa shape index (κ3) is 48.3. The molecule has 7 aromatic rings. The van der Waals surface area contributed by atoms with Crippen LogP contribution < -0.4 is 18.3 Å². The Kier molecular flexibility index (Phi) is 31.1. The van der Waals surface area contributed by atoms with Gasteiger partial charge in [-0.3, -0.25) is 14.2 Å². The molecule has 0 amide bonds. The number of hydrogen-bond donors (Lipinski definition) is 0. The maximum Gasteiger partial charge on any atom is 0.173 e. The van der Waals surface area contributed by atoms with Gasteiger partial charge in [0, 0.05) is 82.9 Å². The molecule has 0 atom stereocenters. The van der Waals surface area contributed by atoms with Gasteiger partial charge >= 0.3 is 177 Å². The molecule has 16 bridgehead atoms. The fourth-order valence-corrected chi connectivity index (χ4v) is 15.6. The van der Waals surface area contributed by atoms with Crippen LogP contribution in [0, 0.1) is 23.2 Å². The van der Waals surface area contributed by atoms with Crippen LogP contribution in [0.2, 0.25) is 0 Å². The average Bonchev–Trinajstić information content (AvgIpc) is 0.760. The molecular weight excluding hydrogens is 1930 g/mol. The summed E-state index contributed by atoms with van der Waals surface area (Å²) in [4.78, 5) is 18.1. The third-order valence-corrected chi connectivity index (χ3v) is 20.7. The molecule has 4 saturated carbocycles. The Hall–Kier alpha value is -9.04. The molecule has 4 aromatic heterocycles. The molecule has 7 aliphatic carbocycles. The number of benzene rings is 3. The van der Waals surface area contributed by atoms with Gasteiger partial charge in [0.1, 0.15) is 13.2 Å².